The zero-order valence-corrected chi connectivity index (χ0v) is 9.13. The van der Waals surface area contributed by atoms with Gasteiger partial charge >= 0.3 is 0 Å². The molecule has 0 amide bonds. The molecule has 0 saturated heterocycles. The molecule has 0 radical (unpaired) electrons. The number of hydrogen-bond acceptors (Lipinski definition) is 4. The maximum atomic E-state index is 5.30. The number of hydrazine groups is 1. The zero-order chi connectivity index (χ0) is 11.0. The molecule has 4 heteroatoms. The molecule has 0 spiro atoms. The summed E-state index contributed by atoms with van der Waals surface area (Å²) in [5.74, 6) is 5.76. The summed E-state index contributed by atoms with van der Waals surface area (Å²) in [4.78, 5) is 8.55. The van der Waals surface area contributed by atoms with Gasteiger partial charge in [0.1, 0.15) is 0 Å². The molecule has 1 heterocycles. The Morgan fingerprint density at radius 2 is 1.73 bits per heavy atom. The number of benzene rings is 1. The average Bonchev–Trinajstić information content (AvgIpc) is 2.21. The molecule has 3 N–H and O–H groups in total. The molecule has 1 aromatic heterocycles. The van der Waals surface area contributed by atoms with Crippen molar-refractivity contribution in [1.29, 1.82) is 0 Å². The maximum absolute atomic E-state index is 5.30. The van der Waals surface area contributed by atoms with Gasteiger partial charge in [0.05, 0.1) is 11.2 Å². The molecule has 0 unspecified atom stereocenters. The maximum Gasteiger partial charge on any atom is 0.237 e. The van der Waals surface area contributed by atoms with Crippen LogP contribution in [0.2, 0.25) is 0 Å². The number of hydrogen-bond donors (Lipinski definition) is 2. The van der Waals surface area contributed by atoms with E-state index in [1.807, 2.05) is 6.92 Å². The summed E-state index contributed by atoms with van der Waals surface area (Å²) in [6, 6.07) is 4.17. The summed E-state index contributed by atoms with van der Waals surface area (Å²) < 4.78 is 0. The Morgan fingerprint density at radius 1 is 1.07 bits per heavy atom. The summed E-state index contributed by atoms with van der Waals surface area (Å²) in [6.45, 7) is 6.12. The van der Waals surface area contributed by atoms with Gasteiger partial charge in [0, 0.05) is 5.39 Å². The van der Waals surface area contributed by atoms with Gasteiger partial charge in [-0.05, 0) is 44.0 Å². The lowest BCUT2D eigenvalue weighted by atomic mass is 10.1. The minimum atomic E-state index is 0.461. The van der Waals surface area contributed by atoms with Crippen molar-refractivity contribution in [1.82, 2.24) is 9.97 Å². The molecule has 2 rings (SSSR count). The lowest BCUT2D eigenvalue weighted by Gasteiger charge is -2.07. The molecule has 15 heavy (non-hydrogen) atoms. The van der Waals surface area contributed by atoms with E-state index in [4.69, 9.17) is 5.84 Å². The highest BCUT2D eigenvalue weighted by Gasteiger charge is 2.05. The predicted molar refractivity (Wildman–Crippen MR) is 61.6 cm³/mol. The van der Waals surface area contributed by atoms with E-state index in [2.05, 4.69) is 41.4 Å². The van der Waals surface area contributed by atoms with Crippen LogP contribution in [-0.2, 0) is 0 Å². The zero-order valence-electron chi connectivity index (χ0n) is 9.13. The number of rotatable bonds is 1. The van der Waals surface area contributed by atoms with Crippen LogP contribution in [-0.4, -0.2) is 9.97 Å². The normalized spacial score (nSPS) is 10.7. The lowest BCUT2D eigenvalue weighted by Crippen LogP contribution is -2.11. The summed E-state index contributed by atoms with van der Waals surface area (Å²) in [6.07, 6.45) is 0. The van der Waals surface area contributed by atoms with Crippen molar-refractivity contribution >= 4 is 16.9 Å². The van der Waals surface area contributed by atoms with E-state index in [1.54, 1.807) is 0 Å². The molecule has 4 nitrogen and oxygen atoms in total. The fourth-order valence-electron chi connectivity index (χ4n) is 1.61. The Morgan fingerprint density at radius 3 is 2.40 bits per heavy atom. The van der Waals surface area contributed by atoms with Gasteiger partial charge in [-0.15, -0.1) is 0 Å². The predicted octanol–water partition coefficient (Wildman–Crippen LogP) is 1.84. The third kappa shape index (κ3) is 1.64. The van der Waals surface area contributed by atoms with Crippen LogP contribution in [0.5, 0.6) is 0 Å². The van der Waals surface area contributed by atoms with Gasteiger partial charge in [0.15, 0.2) is 0 Å². The molecule has 2 aromatic rings. The number of nitrogens with one attached hydrogen (secondary N) is 1. The Balaban J connectivity index is 2.80. The fourth-order valence-corrected chi connectivity index (χ4v) is 1.61. The van der Waals surface area contributed by atoms with Crippen molar-refractivity contribution in [2.75, 3.05) is 5.43 Å². The molecule has 0 aliphatic heterocycles. The van der Waals surface area contributed by atoms with Gasteiger partial charge < -0.3 is 0 Å². The van der Waals surface area contributed by atoms with Gasteiger partial charge in [-0.25, -0.2) is 15.8 Å². The Bertz CT molecular complexity index is 519. The highest BCUT2D eigenvalue weighted by Crippen LogP contribution is 2.20. The summed E-state index contributed by atoms with van der Waals surface area (Å²) >= 11 is 0. The smallest absolute Gasteiger partial charge is 0.237 e. The van der Waals surface area contributed by atoms with E-state index in [0.29, 0.717) is 5.95 Å². The largest absolute Gasteiger partial charge is 0.292 e. The van der Waals surface area contributed by atoms with Crippen molar-refractivity contribution in [2.45, 2.75) is 20.8 Å². The van der Waals surface area contributed by atoms with Crippen molar-refractivity contribution < 1.29 is 0 Å². The van der Waals surface area contributed by atoms with Gasteiger partial charge in [0.25, 0.3) is 0 Å². The van der Waals surface area contributed by atoms with Crippen molar-refractivity contribution in [2.24, 2.45) is 5.84 Å². The summed E-state index contributed by atoms with van der Waals surface area (Å²) in [5.41, 5.74) is 6.82. The van der Waals surface area contributed by atoms with Crippen LogP contribution in [0.15, 0.2) is 12.1 Å². The number of nitrogen functional groups attached to an aromatic ring is 1. The van der Waals surface area contributed by atoms with Crippen LogP contribution in [0, 0.1) is 20.8 Å². The van der Waals surface area contributed by atoms with Crippen LogP contribution in [0.25, 0.3) is 10.9 Å². The Hall–Kier alpha value is -1.68. The molecule has 0 aliphatic rings. The van der Waals surface area contributed by atoms with E-state index < -0.39 is 0 Å². The van der Waals surface area contributed by atoms with Gasteiger partial charge in [0.2, 0.25) is 5.95 Å². The third-order valence-corrected chi connectivity index (χ3v) is 2.63. The van der Waals surface area contributed by atoms with Crippen molar-refractivity contribution in [3.8, 4) is 0 Å². The molecular weight excluding hydrogens is 188 g/mol. The van der Waals surface area contributed by atoms with Crippen LogP contribution < -0.4 is 11.3 Å². The first kappa shape index (κ1) is 9.86. The van der Waals surface area contributed by atoms with E-state index in [1.165, 1.54) is 11.1 Å². The third-order valence-electron chi connectivity index (χ3n) is 2.63. The molecule has 0 saturated carbocycles. The summed E-state index contributed by atoms with van der Waals surface area (Å²) in [7, 11) is 0. The monoisotopic (exact) mass is 202 g/mol. The molecule has 1 aromatic carbocycles. The number of nitrogens with zero attached hydrogens (tertiary/aromatic N) is 2. The van der Waals surface area contributed by atoms with Gasteiger partial charge in [-0.3, -0.25) is 5.43 Å². The molecule has 78 valence electrons. The van der Waals surface area contributed by atoms with Crippen LogP contribution in [0.3, 0.4) is 0 Å². The van der Waals surface area contributed by atoms with Crippen molar-refractivity contribution in [3.63, 3.8) is 0 Å². The first-order valence-corrected chi connectivity index (χ1v) is 4.84. The minimum absolute atomic E-state index is 0.461. The minimum Gasteiger partial charge on any atom is -0.292 e. The molecule has 0 atom stereocenters. The fraction of sp³-hybridized carbons (Fsp3) is 0.273. The second-order valence-electron chi connectivity index (χ2n) is 3.73. The Labute approximate surface area is 88.5 Å². The highest BCUT2D eigenvalue weighted by atomic mass is 15.3. The second-order valence-corrected chi connectivity index (χ2v) is 3.73. The van der Waals surface area contributed by atoms with E-state index in [9.17, 15) is 0 Å². The number of fused-ring (bicyclic) bond motifs is 1. The molecule has 0 bridgehead atoms. The SMILES string of the molecule is Cc1cc2nc(NN)nc(C)c2cc1C. The lowest BCUT2D eigenvalue weighted by molar-refractivity contribution is 1.11. The first-order valence-electron chi connectivity index (χ1n) is 4.84. The van der Waals surface area contributed by atoms with Crippen LogP contribution >= 0.6 is 0 Å². The van der Waals surface area contributed by atoms with Crippen LogP contribution in [0.1, 0.15) is 16.8 Å². The average molecular weight is 202 g/mol. The molecule has 0 fully saturated rings. The van der Waals surface area contributed by atoms with E-state index in [-0.39, 0.29) is 0 Å². The standard InChI is InChI=1S/C11H14N4/c1-6-4-9-8(3)13-11(15-12)14-10(9)5-7(6)2/h4-5H,12H2,1-3H3,(H,13,14,15). The van der Waals surface area contributed by atoms with Crippen molar-refractivity contribution in [3.05, 3.63) is 29.0 Å². The van der Waals surface area contributed by atoms with Crippen LogP contribution in [0.4, 0.5) is 5.95 Å². The van der Waals surface area contributed by atoms with E-state index in [0.717, 1.165) is 16.6 Å². The van der Waals surface area contributed by atoms with Gasteiger partial charge in [-0.2, -0.15) is 0 Å². The highest BCUT2D eigenvalue weighted by molar-refractivity contribution is 5.83. The molecule has 0 aliphatic carbocycles. The first-order chi connectivity index (χ1) is 7.11. The topological polar surface area (TPSA) is 63.8 Å². The number of aryl methyl sites for hydroxylation is 3. The number of aromatic nitrogens is 2. The number of anilines is 1. The Kier molecular flexibility index (Phi) is 2.28. The number of nitrogens with two attached hydrogens (primary N) is 1. The van der Waals surface area contributed by atoms with E-state index >= 15 is 0 Å². The second kappa shape index (κ2) is 3.47. The molecular formula is C11H14N4. The van der Waals surface area contributed by atoms with Gasteiger partial charge in [-0.1, -0.05) is 0 Å². The quantitative estimate of drug-likeness (QED) is 0.547. The summed E-state index contributed by atoms with van der Waals surface area (Å²) in [5, 5.41) is 1.08.